The molecule has 2 aliphatic heterocycles. The Morgan fingerprint density at radius 1 is 1.29 bits per heavy atom. The fourth-order valence-corrected chi connectivity index (χ4v) is 3.07. The van der Waals surface area contributed by atoms with Crippen molar-refractivity contribution >= 4 is 0 Å². The van der Waals surface area contributed by atoms with E-state index in [9.17, 15) is 0 Å². The minimum absolute atomic E-state index is 0.445. The molecule has 2 nitrogen and oxygen atoms in total. The maximum absolute atomic E-state index is 3.51. The maximum atomic E-state index is 3.51. The normalized spacial score (nSPS) is 39.0. The van der Waals surface area contributed by atoms with Crippen molar-refractivity contribution < 1.29 is 0 Å². The maximum Gasteiger partial charge on any atom is 0.0111 e. The molecule has 0 aromatic carbocycles. The molecular weight excluding hydrogens is 172 g/mol. The van der Waals surface area contributed by atoms with Gasteiger partial charge in [0, 0.05) is 19.1 Å². The van der Waals surface area contributed by atoms with Crippen molar-refractivity contribution in [3.63, 3.8) is 0 Å². The van der Waals surface area contributed by atoms with Crippen LogP contribution >= 0.6 is 0 Å². The molecule has 3 unspecified atom stereocenters. The van der Waals surface area contributed by atoms with Crippen LogP contribution in [0.15, 0.2) is 0 Å². The number of nitrogens with one attached hydrogen (secondary N) is 1. The van der Waals surface area contributed by atoms with Crippen molar-refractivity contribution in [3.05, 3.63) is 0 Å². The molecule has 0 aromatic heterocycles. The lowest BCUT2D eigenvalue weighted by Gasteiger charge is -2.31. The van der Waals surface area contributed by atoms with Crippen LogP contribution < -0.4 is 5.32 Å². The van der Waals surface area contributed by atoms with Gasteiger partial charge < -0.3 is 5.32 Å². The molecule has 0 saturated carbocycles. The molecule has 0 aliphatic carbocycles. The molecule has 0 aromatic rings. The van der Waals surface area contributed by atoms with E-state index in [-0.39, 0.29) is 0 Å². The second kappa shape index (κ2) is 3.49. The highest BCUT2D eigenvalue weighted by atomic mass is 15.2. The van der Waals surface area contributed by atoms with Gasteiger partial charge in [0.2, 0.25) is 0 Å². The van der Waals surface area contributed by atoms with Gasteiger partial charge in [-0.1, -0.05) is 20.8 Å². The SMILES string of the molecule is CC1C2CNCC2CN1CC(C)(C)C. The standard InChI is InChI=1S/C12H24N2/c1-9-11-6-13-5-10(11)7-14(9)8-12(2,3)4/h9-11,13H,5-8H2,1-4H3. The first-order valence-corrected chi connectivity index (χ1v) is 5.92. The van der Waals surface area contributed by atoms with Gasteiger partial charge in [-0.2, -0.15) is 0 Å². The van der Waals surface area contributed by atoms with Crippen LogP contribution in [0.5, 0.6) is 0 Å². The Balaban J connectivity index is 1.96. The number of rotatable bonds is 1. The zero-order chi connectivity index (χ0) is 10.3. The summed E-state index contributed by atoms with van der Waals surface area (Å²) in [4.78, 5) is 2.69. The molecule has 3 atom stereocenters. The van der Waals surface area contributed by atoms with Crippen LogP contribution in [-0.2, 0) is 0 Å². The number of nitrogens with zero attached hydrogens (tertiary/aromatic N) is 1. The van der Waals surface area contributed by atoms with Crippen LogP contribution in [0.3, 0.4) is 0 Å². The van der Waals surface area contributed by atoms with Crippen molar-refractivity contribution in [1.82, 2.24) is 10.2 Å². The quantitative estimate of drug-likeness (QED) is 0.685. The van der Waals surface area contributed by atoms with Crippen molar-refractivity contribution in [2.75, 3.05) is 26.2 Å². The Morgan fingerprint density at radius 2 is 2.00 bits per heavy atom. The number of likely N-dealkylation sites (tertiary alicyclic amines) is 1. The van der Waals surface area contributed by atoms with Crippen LogP contribution in [0, 0.1) is 17.3 Å². The summed E-state index contributed by atoms with van der Waals surface area (Å²) in [5.74, 6) is 1.84. The summed E-state index contributed by atoms with van der Waals surface area (Å²) in [6, 6.07) is 0.786. The predicted molar refractivity (Wildman–Crippen MR) is 60.3 cm³/mol. The van der Waals surface area contributed by atoms with E-state index in [2.05, 4.69) is 37.9 Å². The van der Waals surface area contributed by atoms with Gasteiger partial charge in [0.05, 0.1) is 0 Å². The van der Waals surface area contributed by atoms with Gasteiger partial charge in [-0.3, -0.25) is 4.90 Å². The summed E-state index contributed by atoms with van der Waals surface area (Å²) in [6.45, 7) is 14.5. The van der Waals surface area contributed by atoms with Gasteiger partial charge in [0.15, 0.2) is 0 Å². The van der Waals surface area contributed by atoms with E-state index < -0.39 is 0 Å². The molecule has 2 saturated heterocycles. The van der Waals surface area contributed by atoms with Gasteiger partial charge in [0.25, 0.3) is 0 Å². The van der Waals surface area contributed by atoms with E-state index in [1.54, 1.807) is 0 Å². The highest BCUT2D eigenvalue weighted by molar-refractivity contribution is 4.97. The van der Waals surface area contributed by atoms with E-state index in [1.807, 2.05) is 0 Å². The molecule has 2 heterocycles. The van der Waals surface area contributed by atoms with Crippen molar-refractivity contribution in [2.24, 2.45) is 17.3 Å². The summed E-state index contributed by atoms with van der Waals surface area (Å²) in [5.41, 5.74) is 0.445. The summed E-state index contributed by atoms with van der Waals surface area (Å²) in [6.07, 6.45) is 0. The first kappa shape index (κ1) is 10.4. The summed E-state index contributed by atoms with van der Waals surface area (Å²) in [5, 5.41) is 3.51. The molecule has 2 heteroatoms. The van der Waals surface area contributed by atoms with Crippen LogP contribution in [0.25, 0.3) is 0 Å². The van der Waals surface area contributed by atoms with Gasteiger partial charge in [-0.05, 0) is 37.3 Å². The Labute approximate surface area is 88.1 Å². The third-order valence-corrected chi connectivity index (χ3v) is 3.73. The zero-order valence-corrected chi connectivity index (χ0v) is 10.0. The molecule has 0 bridgehead atoms. The third kappa shape index (κ3) is 1.96. The molecular formula is C12H24N2. The first-order chi connectivity index (χ1) is 6.47. The van der Waals surface area contributed by atoms with Crippen molar-refractivity contribution in [3.8, 4) is 0 Å². The predicted octanol–water partition coefficient (Wildman–Crippen LogP) is 1.57. The molecule has 0 amide bonds. The smallest absolute Gasteiger partial charge is 0.0111 e. The minimum Gasteiger partial charge on any atom is -0.316 e. The summed E-state index contributed by atoms with van der Waals surface area (Å²) in [7, 11) is 0. The van der Waals surface area contributed by atoms with E-state index in [0.29, 0.717) is 5.41 Å². The van der Waals surface area contributed by atoms with Gasteiger partial charge in [0.1, 0.15) is 0 Å². The largest absolute Gasteiger partial charge is 0.316 e. The lowest BCUT2D eigenvalue weighted by molar-refractivity contribution is 0.169. The second-order valence-corrected chi connectivity index (χ2v) is 6.31. The highest BCUT2D eigenvalue weighted by Crippen LogP contribution is 2.34. The number of fused-ring (bicyclic) bond motifs is 1. The fourth-order valence-electron chi connectivity index (χ4n) is 3.07. The Hall–Kier alpha value is -0.0800. The molecule has 82 valence electrons. The Morgan fingerprint density at radius 3 is 2.57 bits per heavy atom. The number of hydrogen-bond acceptors (Lipinski definition) is 2. The molecule has 14 heavy (non-hydrogen) atoms. The van der Waals surface area contributed by atoms with Crippen molar-refractivity contribution in [2.45, 2.75) is 33.7 Å². The Bertz CT molecular complexity index is 207. The minimum atomic E-state index is 0.445. The molecule has 1 N–H and O–H groups in total. The molecule has 0 radical (unpaired) electrons. The molecule has 0 spiro atoms. The summed E-state index contributed by atoms with van der Waals surface area (Å²) >= 11 is 0. The average Bonchev–Trinajstić information content (AvgIpc) is 2.55. The van der Waals surface area contributed by atoms with E-state index in [0.717, 1.165) is 17.9 Å². The molecule has 2 rings (SSSR count). The van der Waals surface area contributed by atoms with Crippen LogP contribution in [0.1, 0.15) is 27.7 Å². The first-order valence-electron chi connectivity index (χ1n) is 5.92. The number of hydrogen-bond donors (Lipinski definition) is 1. The van der Waals surface area contributed by atoms with E-state index in [4.69, 9.17) is 0 Å². The highest BCUT2D eigenvalue weighted by Gasteiger charge is 2.42. The third-order valence-electron chi connectivity index (χ3n) is 3.73. The van der Waals surface area contributed by atoms with Gasteiger partial charge >= 0.3 is 0 Å². The van der Waals surface area contributed by atoms with Gasteiger partial charge in [-0.25, -0.2) is 0 Å². The lowest BCUT2D eigenvalue weighted by atomic mass is 9.94. The van der Waals surface area contributed by atoms with Gasteiger partial charge in [-0.15, -0.1) is 0 Å². The van der Waals surface area contributed by atoms with E-state index in [1.165, 1.54) is 26.2 Å². The van der Waals surface area contributed by atoms with E-state index >= 15 is 0 Å². The average molecular weight is 196 g/mol. The fraction of sp³-hybridized carbons (Fsp3) is 1.00. The summed E-state index contributed by atoms with van der Waals surface area (Å²) < 4.78 is 0. The topological polar surface area (TPSA) is 15.3 Å². The monoisotopic (exact) mass is 196 g/mol. The van der Waals surface area contributed by atoms with Crippen LogP contribution in [-0.4, -0.2) is 37.1 Å². The molecule has 2 fully saturated rings. The van der Waals surface area contributed by atoms with Crippen molar-refractivity contribution in [1.29, 1.82) is 0 Å². The van der Waals surface area contributed by atoms with Crippen LogP contribution in [0.4, 0.5) is 0 Å². The second-order valence-electron chi connectivity index (χ2n) is 6.31. The molecule has 2 aliphatic rings. The zero-order valence-electron chi connectivity index (χ0n) is 10.0. The lowest BCUT2D eigenvalue weighted by Crippen LogP contribution is -2.38. The van der Waals surface area contributed by atoms with Crippen LogP contribution in [0.2, 0.25) is 0 Å². The Kier molecular flexibility index (Phi) is 2.61.